The Morgan fingerprint density at radius 3 is 2.85 bits per heavy atom. The van der Waals surface area contributed by atoms with E-state index in [-0.39, 0.29) is 16.9 Å². The molecule has 4 rings (SSSR count). The minimum absolute atomic E-state index is 0.197. The zero-order valence-electron chi connectivity index (χ0n) is 14.8. The number of hydrogen-bond donors (Lipinski definition) is 1. The topological polar surface area (TPSA) is 84.9 Å². The fraction of sp³-hybridized carbons (Fsp3) is 0.389. The molecule has 2 aliphatic rings. The number of carbonyl (C=O) groups excluding carboxylic acids is 1. The molecule has 1 aromatic carbocycles. The highest BCUT2D eigenvalue weighted by Gasteiger charge is 2.39. The number of carbonyl (C=O) groups is 1. The highest BCUT2D eigenvalue weighted by Crippen LogP contribution is 2.33. The van der Waals surface area contributed by atoms with Crippen LogP contribution in [-0.2, 0) is 21.4 Å². The smallest absolute Gasteiger partial charge is 0.253 e. The molecule has 1 saturated heterocycles. The fourth-order valence-electron chi connectivity index (χ4n) is 3.31. The Kier molecular flexibility index (Phi) is 4.83. The molecule has 144 valence electrons. The second kappa shape index (κ2) is 7.14. The molecule has 7 nitrogen and oxygen atoms in total. The number of rotatable bonds is 5. The van der Waals surface area contributed by atoms with Crippen molar-refractivity contribution in [1.29, 1.82) is 0 Å². The second-order valence-electron chi connectivity index (χ2n) is 6.54. The minimum Gasteiger partial charge on any atom is -0.454 e. The number of aryl methyl sites for hydroxylation is 1. The standard InChI is InChI=1S/C18H20N2O5S2/c1-12-4-7-17(26-12)27(22,23)20-8-2-3-14(20)18(21)19-10-13-5-6-15-16(9-13)25-11-24-15/h4-7,9,14H,2-3,8,10-11H2,1H3,(H,19,21)/t14-/m0/s1. The number of nitrogens with one attached hydrogen (secondary N) is 1. The monoisotopic (exact) mass is 408 g/mol. The molecule has 0 unspecified atom stereocenters. The maximum Gasteiger partial charge on any atom is 0.253 e. The molecule has 1 atom stereocenters. The van der Waals surface area contributed by atoms with Crippen molar-refractivity contribution in [3.63, 3.8) is 0 Å². The highest BCUT2D eigenvalue weighted by molar-refractivity contribution is 7.91. The maximum atomic E-state index is 12.9. The number of nitrogens with zero attached hydrogens (tertiary/aromatic N) is 1. The van der Waals surface area contributed by atoms with Crippen LogP contribution in [-0.4, -0.2) is 38.0 Å². The predicted octanol–water partition coefficient (Wildman–Crippen LogP) is 2.25. The molecule has 2 aliphatic heterocycles. The fourth-order valence-corrected chi connectivity index (χ4v) is 6.38. The van der Waals surface area contributed by atoms with Crippen LogP contribution in [0.1, 0.15) is 23.3 Å². The Bertz CT molecular complexity index is 970. The number of fused-ring (bicyclic) bond motifs is 1. The van der Waals surface area contributed by atoms with Crippen molar-refractivity contribution in [3.05, 3.63) is 40.8 Å². The largest absolute Gasteiger partial charge is 0.454 e. The van der Waals surface area contributed by atoms with Crippen LogP contribution in [0.4, 0.5) is 0 Å². The van der Waals surface area contributed by atoms with Gasteiger partial charge in [-0.25, -0.2) is 8.42 Å². The van der Waals surface area contributed by atoms with Crippen molar-refractivity contribution < 1.29 is 22.7 Å². The van der Waals surface area contributed by atoms with Gasteiger partial charge in [-0.1, -0.05) is 6.07 Å². The Hall–Kier alpha value is -2.10. The summed E-state index contributed by atoms with van der Waals surface area (Å²) in [5.74, 6) is 1.06. The Morgan fingerprint density at radius 1 is 1.26 bits per heavy atom. The highest BCUT2D eigenvalue weighted by atomic mass is 32.2. The summed E-state index contributed by atoms with van der Waals surface area (Å²) in [6.07, 6.45) is 1.20. The van der Waals surface area contributed by atoms with Gasteiger partial charge in [-0.15, -0.1) is 11.3 Å². The minimum atomic E-state index is -3.65. The first-order valence-corrected chi connectivity index (χ1v) is 11.0. The first-order chi connectivity index (χ1) is 12.9. The Balaban J connectivity index is 1.45. The summed E-state index contributed by atoms with van der Waals surface area (Å²) < 4.78 is 38.0. The van der Waals surface area contributed by atoms with Gasteiger partial charge in [0.05, 0.1) is 0 Å². The molecular formula is C18H20N2O5S2. The molecule has 1 amide bonds. The van der Waals surface area contributed by atoms with Crippen molar-refractivity contribution in [1.82, 2.24) is 9.62 Å². The SMILES string of the molecule is Cc1ccc(S(=O)(=O)N2CCC[C@H]2C(=O)NCc2ccc3c(c2)OCO3)s1. The summed E-state index contributed by atoms with van der Waals surface area (Å²) >= 11 is 1.23. The number of thiophene rings is 1. The van der Waals surface area contributed by atoms with E-state index in [1.54, 1.807) is 18.2 Å². The molecule has 27 heavy (non-hydrogen) atoms. The molecule has 0 bridgehead atoms. The van der Waals surface area contributed by atoms with E-state index >= 15 is 0 Å². The van der Waals surface area contributed by atoms with Crippen LogP contribution in [0, 0.1) is 6.92 Å². The van der Waals surface area contributed by atoms with Crippen molar-refractivity contribution >= 4 is 27.3 Å². The lowest BCUT2D eigenvalue weighted by molar-refractivity contribution is -0.124. The van der Waals surface area contributed by atoms with E-state index < -0.39 is 16.1 Å². The maximum absolute atomic E-state index is 12.9. The van der Waals surface area contributed by atoms with Gasteiger partial charge in [-0.2, -0.15) is 4.31 Å². The molecule has 2 aromatic rings. The molecule has 0 saturated carbocycles. The third kappa shape index (κ3) is 3.54. The lowest BCUT2D eigenvalue weighted by Gasteiger charge is -2.22. The van der Waals surface area contributed by atoms with Crippen LogP contribution in [0.2, 0.25) is 0 Å². The summed E-state index contributed by atoms with van der Waals surface area (Å²) in [5, 5.41) is 2.85. The van der Waals surface area contributed by atoms with Crippen molar-refractivity contribution in [3.8, 4) is 11.5 Å². The molecule has 9 heteroatoms. The molecule has 0 radical (unpaired) electrons. The number of hydrogen-bond acceptors (Lipinski definition) is 6. The quantitative estimate of drug-likeness (QED) is 0.820. The first kappa shape index (κ1) is 18.3. The Morgan fingerprint density at radius 2 is 2.07 bits per heavy atom. The van der Waals surface area contributed by atoms with E-state index in [4.69, 9.17) is 9.47 Å². The normalized spacial score (nSPS) is 19.4. The van der Waals surface area contributed by atoms with Crippen LogP contribution in [0.5, 0.6) is 11.5 Å². The summed E-state index contributed by atoms with van der Waals surface area (Å²) in [6, 6.07) is 8.18. The van der Waals surface area contributed by atoms with Crippen LogP contribution in [0.3, 0.4) is 0 Å². The third-order valence-corrected chi connectivity index (χ3v) is 8.06. The van der Waals surface area contributed by atoms with Crippen molar-refractivity contribution in [2.24, 2.45) is 0 Å². The van der Waals surface area contributed by atoms with E-state index in [9.17, 15) is 13.2 Å². The van der Waals surface area contributed by atoms with Gasteiger partial charge >= 0.3 is 0 Å². The van der Waals surface area contributed by atoms with E-state index in [2.05, 4.69) is 5.32 Å². The first-order valence-electron chi connectivity index (χ1n) is 8.70. The van der Waals surface area contributed by atoms with Gasteiger partial charge < -0.3 is 14.8 Å². The van der Waals surface area contributed by atoms with Gasteiger partial charge in [0.25, 0.3) is 10.0 Å². The van der Waals surface area contributed by atoms with E-state index in [0.717, 1.165) is 10.4 Å². The number of amides is 1. The van der Waals surface area contributed by atoms with Crippen LogP contribution in [0.25, 0.3) is 0 Å². The molecule has 1 aromatic heterocycles. The lowest BCUT2D eigenvalue weighted by atomic mass is 10.2. The van der Waals surface area contributed by atoms with E-state index in [0.29, 0.717) is 37.4 Å². The molecule has 3 heterocycles. The zero-order valence-corrected chi connectivity index (χ0v) is 16.4. The van der Waals surface area contributed by atoms with Crippen LogP contribution in [0.15, 0.2) is 34.5 Å². The van der Waals surface area contributed by atoms with Crippen molar-refractivity contribution in [2.75, 3.05) is 13.3 Å². The summed E-state index contributed by atoms with van der Waals surface area (Å²) in [4.78, 5) is 13.6. The number of benzene rings is 1. The predicted molar refractivity (Wildman–Crippen MR) is 100 cm³/mol. The average molecular weight is 409 g/mol. The molecular weight excluding hydrogens is 388 g/mol. The van der Waals surface area contributed by atoms with Gasteiger partial charge in [-0.3, -0.25) is 4.79 Å². The summed E-state index contributed by atoms with van der Waals surface area (Å²) in [7, 11) is -3.65. The van der Waals surface area contributed by atoms with Crippen molar-refractivity contribution in [2.45, 2.75) is 36.6 Å². The average Bonchev–Trinajstić information content (AvgIpc) is 3.38. The third-order valence-electron chi connectivity index (χ3n) is 4.69. The second-order valence-corrected chi connectivity index (χ2v) is 9.95. The summed E-state index contributed by atoms with van der Waals surface area (Å²) in [5.41, 5.74) is 0.869. The number of ether oxygens (including phenoxy) is 2. The van der Waals surface area contributed by atoms with Gasteiger partial charge in [0.1, 0.15) is 10.3 Å². The van der Waals surface area contributed by atoms with Crippen LogP contribution >= 0.6 is 11.3 Å². The lowest BCUT2D eigenvalue weighted by Crippen LogP contribution is -2.45. The Labute approximate surface area is 161 Å². The summed E-state index contributed by atoms with van der Waals surface area (Å²) in [6.45, 7) is 2.73. The molecule has 1 N–H and O–H groups in total. The van der Waals surface area contributed by atoms with Crippen LogP contribution < -0.4 is 14.8 Å². The molecule has 0 aliphatic carbocycles. The molecule has 0 spiro atoms. The zero-order chi connectivity index (χ0) is 19.0. The van der Waals surface area contributed by atoms with Gasteiger partial charge in [0, 0.05) is 18.0 Å². The number of sulfonamides is 1. The van der Waals surface area contributed by atoms with E-state index in [1.165, 1.54) is 15.6 Å². The van der Waals surface area contributed by atoms with E-state index in [1.807, 2.05) is 19.1 Å². The van der Waals surface area contributed by atoms with Gasteiger partial charge in [0.2, 0.25) is 12.7 Å². The van der Waals surface area contributed by atoms with Gasteiger partial charge in [-0.05, 0) is 49.6 Å². The van der Waals surface area contributed by atoms with Gasteiger partial charge in [0.15, 0.2) is 11.5 Å². The molecule has 1 fully saturated rings.